The zero-order valence-corrected chi connectivity index (χ0v) is 17.0. The highest BCUT2D eigenvalue weighted by Crippen LogP contribution is 2.18. The predicted molar refractivity (Wildman–Crippen MR) is 115 cm³/mol. The molecule has 10 nitrogen and oxygen atoms in total. The molecule has 0 unspecified atom stereocenters. The second kappa shape index (κ2) is 8.36. The number of nitrogens with zero attached hydrogens (tertiary/aromatic N) is 5. The van der Waals surface area contributed by atoms with Crippen LogP contribution in [-0.2, 0) is 18.4 Å². The highest BCUT2D eigenvalue weighted by Gasteiger charge is 2.18. The Hall–Kier alpha value is -4.05. The molecule has 156 valence electrons. The first-order valence-corrected chi connectivity index (χ1v) is 9.45. The minimum absolute atomic E-state index is 0.0132. The first-order chi connectivity index (χ1) is 14.9. The van der Waals surface area contributed by atoms with Crippen molar-refractivity contribution in [2.75, 3.05) is 11.1 Å². The number of hydrogen-bond acceptors (Lipinski definition) is 9. The van der Waals surface area contributed by atoms with Crippen LogP contribution in [0.1, 0.15) is 16.3 Å². The molecule has 3 N–H and O–H groups in total. The van der Waals surface area contributed by atoms with Crippen LogP contribution in [0.3, 0.4) is 0 Å². The fourth-order valence-corrected chi connectivity index (χ4v) is 3.00. The second-order valence-electron chi connectivity index (χ2n) is 6.46. The molecule has 0 aliphatic carbocycles. The molecular formula is C20H16ClN7O3. The Kier molecular flexibility index (Phi) is 5.46. The Morgan fingerprint density at radius 2 is 1.81 bits per heavy atom. The molecule has 0 fully saturated rings. The average Bonchev–Trinajstić information content (AvgIpc) is 2.76. The van der Waals surface area contributed by atoms with Crippen LogP contribution < -0.4 is 16.6 Å². The van der Waals surface area contributed by atoms with Crippen LogP contribution in [0, 0.1) is 0 Å². The first-order valence-electron chi connectivity index (χ1n) is 9.07. The van der Waals surface area contributed by atoms with Gasteiger partial charge in [0.05, 0.1) is 5.39 Å². The Balaban J connectivity index is 1.54. The smallest absolute Gasteiger partial charge is 0.359 e. The van der Waals surface area contributed by atoms with E-state index in [1.807, 2.05) is 0 Å². The van der Waals surface area contributed by atoms with E-state index >= 15 is 0 Å². The van der Waals surface area contributed by atoms with E-state index in [0.29, 0.717) is 21.5 Å². The highest BCUT2D eigenvalue weighted by molar-refractivity contribution is 6.30. The maximum Gasteiger partial charge on any atom is 0.359 e. The van der Waals surface area contributed by atoms with E-state index in [1.165, 1.54) is 7.05 Å². The summed E-state index contributed by atoms with van der Waals surface area (Å²) in [6.07, 6.45) is 0. The van der Waals surface area contributed by atoms with Crippen LogP contribution >= 0.6 is 11.6 Å². The maximum atomic E-state index is 12.7. The number of aryl methyl sites for hydroxylation is 1. The fourth-order valence-electron chi connectivity index (χ4n) is 2.87. The Bertz CT molecular complexity index is 1340. The summed E-state index contributed by atoms with van der Waals surface area (Å²) in [5, 5.41) is 8.37. The van der Waals surface area contributed by atoms with Crippen LogP contribution in [0.5, 0.6) is 0 Å². The lowest BCUT2D eigenvalue weighted by Crippen LogP contribution is -2.24. The third-order valence-electron chi connectivity index (χ3n) is 4.28. The third kappa shape index (κ3) is 4.43. The van der Waals surface area contributed by atoms with Crippen molar-refractivity contribution in [3.05, 3.63) is 75.4 Å². The zero-order chi connectivity index (χ0) is 22.0. The topological polar surface area (TPSA) is 138 Å². The van der Waals surface area contributed by atoms with E-state index in [4.69, 9.17) is 22.1 Å². The van der Waals surface area contributed by atoms with Gasteiger partial charge in [0, 0.05) is 23.1 Å². The van der Waals surface area contributed by atoms with E-state index in [0.717, 1.165) is 4.68 Å². The van der Waals surface area contributed by atoms with Crippen LogP contribution in [0.4, 0.5) is 17.6 Å². The Labute approximate surface area is 180 Å². The largest absolute Gasteiger partial charge is 0.453 e. The third-order valence-corrected chi connectivity index (χ3v) is 4.53. The van der Waals surface area contributed by atoms with Gasteiger partial charge in [0.1, 0.15) is 0 Å². The summed E-state index contributed by atoms with van der Waals surface area (Å²) >= 11 is 5.88. The van der Waals surface area contributed by atoms with Crippen molar-refractivity contribution in [3.8, 4) is 0 Å². The van der Waals surface area contributed by atoms with E-state index in [-0.39, 0.29) is 35.6 Å². The lowest BCUT2D eigenvalue weighted by molar-refractivity contribution is 0.0455. The van der Waals surface area contributed by atoms with Crippen molar-refractivity contribution in [1.29, 1.82) is 0 Å². The van der Waals surface area contributed by atoms with Gasteiger partial charge in [-0.1, -0.05) is 29.8 Å². The standard InChI is InChI=1S/C20H16ClN7O3/c1-28-17(29)14-5-3-2-4-13(14)16(27-28)18(30)31-10-15-24-19(22)26-20(25-15)23-12-8-6-11(21)7-9-12/h2-9H,10H2,1H3,(H3,22,23,24,25,26). The number of fused-ring (bicyclic) bond motifs is 1. The molecular weight excluding hydrogens is 422 g/mol. The Morgan fingerprint density at radius 1 is 1.10 bits per heavy atom. The van der Waals surface area contributed by atoms with Gasteiger partial charge in [-0.15, -0.1) is 0 Å². The monoisotopic (exact) mass is 437 g/mol. The number of hydrogen-bond donors (Lipinski definition) is 2. The number of esters is 1. The number of anilines is 3. The molecule has 2 heterocycles. The summed E-state index contributed by atoms with van der Waals surface area (Å²) in [5.74, 6) is -0.431. The SMILES string of the molecule is Cn1nc(C(=O)OCc2nc(N)nc(Nc3ccc(Cl)cc3)n2)c2ccccc2c1=O. The summed E-state index contributed by atoms with van der Waals surface area (Å²) in [6, 6.07) is 13.6. The van der Waals surface area contributed by atoms with Gasteiger partial charge in [0.2, 0.25) is 11.9 Å². The van der Waals surface area contributed by atoms with Crippen molar-refractivity contribution in [2.24, 2.45) is 7.05 Å². The predicted octanol–water partition coefficient (Wildman–Crippen LogP) is 2.45. The quantitative estimate of drug-likeness (QED) is 0.450. The summed E-state index contributed by atoms with van der Waals surface area (Å²) in [5.41, 5.74) is 6.15. The van der Waals surface area contributed by atoms with Crippen molar-refractivity contribution >= 4 is 45.9 Å². The molecule has 4 aromatic rings. The van der Waals surface area contributed by atoms with Crippen LogP contribution in [0.15, 0.2) is 53.3 Å². The molecule has 2 aromatic carbocycles. The average molecular weight is 438 g/mol. The molecule has 0 aliphatic heterocycles. The molecule has 31 heavy (non-hydrogen) atoms. The summed E-state index contributed by atoms with van der Waals surface area (Å²) in [6.45, 7) is -0.264. The van der Waals surface area contributed by atoms with Gasteiger partial charge in [-0.25, -0.2) is 9.48 Å². The van der Waals surface area contributed by atoms with Crippen molar-refractivity contribution in [1.82, 2.24) is 24.7 Å². The number of ether oxygens (including phenoxy) is 1. The van der Waals surface area contributed by atoms with Gasteiger partial charge in [0.25, 0.3) is 5.56 Å². The summed E-state index contributed by atoms with van der Waals surface area (Å²) in [4.78, 5) is 37.1. The number of benzene rings is 2. The van der Waals surface area contributed by atoms with Gasteiger partial charge >= 0.3 is 5.97 Å². The lowest BCUT2D eigenvalue weighted by Gasteiger charge is -2.09. The summed E-state index contributed by atoms with van der Waals surface area (Å²) in [7, 11) is 1.47. The van der Waals surface area contributed by atoms with Crippen molar-refractivity contribution in [3.63, 3.8) is 0 Å². The molecule has 0 spiro atoms. The van der Waals surface area contributed by atoms with E-state index in [1.54, 1.807) is 48.5 Å². The van der Waals surface area contributed by atoms with Crippen LogP contribution in [0.2, 0.25) is 5.02 Å². The highest BCUT2D eigenvalue weighted by atomic mass is 35.5. The van der Waals surface area contributed by atoms with Crippen LogP contribution in [-0.4, -0.2) is 30.7 Å². The maximum absolute atomic E-state index is 12.7. The molecule has 11 heteroatoms. The minimum atomic E-state index is -0.724. The fraction of sp³-hybridized carbons (Fsp3) is 0.100. The number of nitrogens with one attached hydrogen (secondary N) is 1. The van der Waals surface area contributed by atoms with Crippen LogP contribution in [0.25, 0.3) is 10.8 Å². The van der Waals surface area contributed by atoms with Gasteiger partial charge in [-0.2, -0.15) is 20.1 Å². The number of rotatable bonds is 5. The number of aromatic nitrogens is 5. The molecule has 0 amide bonds. The van der Waals surface area contributed by atoms with Gasteiger partial charge < -0.3 is 15.8 Å². The second-order valence-corrected chi connectivity index (χ2v) is 6.90. The number of nitrogens with two attached hydrogens (primary N) is 1. The number of carbonyl (C=O) groups is 1. The Morgan fingerprint density at radius 3 is 2.55 bits per heavy atom. The summed E-state index contributed by atoms with van der Waals surface area (Å²) < 4.78 is 6.41. The van der Waals surface area contributed by atoms with Gasteiger partial charge in [-0.3, -0.25) is 4.79 Å². The molecule has 0 aliphatic rings. The number of halogens is 1. The lowest BCUT2D eigenvalue weighted by atomic mass is 10.1. The molecule has 0 saturated carbocycles. The van der Waals surface area contributed by atoms with Gasteiger partial charge in [-0.05, 0) is 30.3 Å². The number of carbonyl (C=O) groups excluding carboxylic acids is 1. The van der Waals surface area contributed by atoms with E-state index in [9.17, 15) is 9.59 Å². The normalized spacial score (nSPS) is 10.8. The molecule has 4 rings (SSSR count). The number of nitrogen functional groups attached to an aromatic ring is 1. The van der Waals surface area contributed by atoms with Crippen molar-refractivity contribution < 1.29 is 9.53 Å². The zero-order valence-electron chi connectivity index (χ0n) is 16.2. The van der Waals surface area contributed by atoms with Gasteiger partial charge in [0.15, 0.2) is 18.1 Å². The first kappa shape index (κ1) is 20.2. The molecule has 0 saturated heterocycles. The van der Waals surface area contributed by atoms with E-state index in [2.05, 4.69) is 25.4 Å². The minimum Gasteiger partial charge on any atom is -0.453 e. The molecule has 0 atom stereocenters. The van der Waals surface area contributed by atoms with E-state index < -0.39 is 5.97 Å². The van der Waals surface area contributed by atoms with Crippen molar-refractivity contribution in [2.45, 2.75) is 6.61 Å². The molecule has 0 radical (unpaired) electrons. The molecule has 2 aromatic heterocycles. The molecule has 0 bridgehead atoms.